The molecule has 1 amide bonds. The minimum Gasteiger partial charge on any atom is -0.481 e. The van der Waals surface area contributed by atoms with Crippen LogP contribution in [0.4, 0.5) is 5.82 Å². The average Bonchev–Trinajstić information content (AvgIpc) is 3.32. The number of likely N-dealkylation sites (N-methyl/N-ethyl adjacent to an activating group) is 1. The second kappa shape index (κ2) is 11.9. The van der Waals surface area contributed by atoms with Crippen LogP contribution in [0.5, 0.6) is 0 Å². The van der Waals surface area contributed by atoms with Crippen molar-refractivity contribution >= 4 is 40.7 Å². The zero-order valence-corrected chi connectivity index (χ0v) is 18.6. The van der Waals surface area contributed by atoms with Gasteiger partial charge < -0.3 is 40.1 Å². The third kappa shape index (κ3) is 6.89. The largest absolute Gasteiger partial charge is 0.481 e. The minimum atomic E-state index is -3.17. The molecule has 0 bridgehead atoms. The van der Waals surface area contributed by atoms with Crippen LogP contribution in [-0.4, -0.2) is 102 Å². The van der Waals surface area contributed by atoms with Gasteiger partial charge in [-0.25, -0.2) is 21.3 Å². The van der Waals surface area contributed by atoms with Gasteiger partial charge in [-0.3, -0.25) is 14.4 Å². The Hall–Kier alpha value is -4.25. The molecule has 3 rings (SSSR count). The number of carbonyl (C=O) groups is 4. The number of aliphatic hydroxyl groups is 1. The first kappa shape index (κ1) is 17.2. The monoisotopic (exact) mass is 513 g/mol. The maximum atomic E-state index is 12.4. The maximum absolute atomic E-state index is 12.4. The molecule has 0 unspecified atom stereocenters. The lowest BCUT2D eigenvalue weighted by atomic mass is 9.92. The molecule has 0 radical (unpaired) electrons. The fraction of sp³-hybridized carbons (Fsp3) is 0.500. The van der Waals surface area contributed by atoms with Crippen molar-refractivity contribution in [3.05, 3.63) is 30.0 Å². The number of carboxylic acids is 3. The van der Waals surface area contributed by atoms with Crippen LogP contribution >= 0.6 is 0 Å². The number of likely N-dealkylation sites (tertiary alicyclic amines) is 1. The maximum Gasteiger partial charge on any atom is 0.336 e. The molecule has 0 saturated carbocycles. The Morgan fingerprint density at radius 3 is 2.58 bits per heavy atom. The van der Waals surface area contributed by atoms with Gasteiger partial charge >= 0.3 is 23.8 Å². The van der Waals surface area contributed by atoms with E-state index in [4.69, 9.17) is 39.3 Å². The molecule has 36 heavy (non-hydrogen) atoms. The quantitative estimate of drug-likeness (QED) is 0.304. The van der Waals surface area contributed by atoms with Gasteiger partial charge in [0.05, 0.1) is 25.6 Å². The predicted octanol–water partition coefficient (Wildman–Crippen LogP) is 0.302. The molecule has 14 nitrogen and oxygen atoms in total. The SMILES string of the molecule is O=C(O)CC(O)(CC(=O)O)C(=O)O.[2H]c1nc(N(C([2H])([2H])[2H])[C@@]2([2H])CN(C(=O)C[N+]#[C-])CC[C@@]2([2H])C([2H])([2H])[2H])c2cc[nH]c2n1. The van der Waals surface area contributed by atoms with Crippen molar-refractivity contribution < 1.29 is 51.9 Å². The smallest absolute Gasteiger partial charge is 0.336 e. The molecule has 0 aliphatic carbocycles. The molecule has 1 aliphatic rings. The summed E-state index contributed by atoms with van der Waals surface area (Å²) in [5.41, 5.74) is -2.64. The van der Waals surface area contributed by atoms with Crippen molar-refractivity contribution in [3.8, 4) is 0 Å². The van der Waals surface area contributed by atoms with Crippen molar-refractivity contribution in [2.45, 2.75) is 37.7 Å². The number of rotatable bonds is 8. The van der Waals surface area contributed by atoms with Crippen LogP contribution in [0.2, 0.25) is 0 Å². The van der Waals surface area contributed by atoms with E-state index in [-0.39, 0.29) is 17.6 Å². The van der Waals surface area contributed by atoms with Crippen LogP contribution in [0.25, 0.3) is 15.9 Å². The predicted molar refractivity (Wildman–Crippen MR) is 125 cm³/mol. The first-order valence-electron chi connectivity index (χ1n) is 14.6. The highest BCUT2D eigenvalue weighted by atomic mass is 16.4. The van der Waals surface area contributed by atoms with Gasteiger partial charge in [-0.2, -0.15) is 0 Å². The van der Waals surface area contributed by atoms with Crippen molar-refractivity contribution in [2.75, 3.05) is 31.5 Å². The number of H-pyrrole nitrogens is 1. The highest BCUT2D eigenvalue weighted by Crippen LogP contribution is 2.28. The topological polar surface area (TPSA) is 202 Å². The Labute approximate surface area is 218 Å². The number of aromatic amines is 1. The molecule has 3 heterocycles. The van der Waals surface area contributed by atoms with E-state index in [0.29, 0.717) is 4.90 Å². The van der Waals surface area contributed by atoms with Crippen LogP contribution < -0.4 is 4.90 Å². The second-order valence-electron chi connectivity index (χ2n) is 7.51. The third-order valence-electron chi connectivity index (χ3n) is 4.94. The number of carboxylic acid groups (broad SMARTS) is 3. The summed E-state index contributed by atoms with van der Waals surface area (Å²) in [7, 11) is 0. The molecule has 2 aromatic rings. The molecule has 2 aromatic heterocycles. The zero-order valence-electron chi connectivity index (χ0n) is 27.6. The van der Waals surface area contributed by atoms with Crippen LogP contribution in [0, 0.1) is 12.5 Å². The van der Waals surface area contributed by atoms with E-state index < -0.39 is 99.6 Å². The lowest BCUT2D eigenvalue weighted by Gasteiger charge is -2.41. The van der Waals surface area contributed by atoms with Gasteiger partial charge in [-0.15, -0.1) is 0 Å². The van der Waals surface area contributed by atoms with E-state index in [2.05, 4.69) is 19.8 Å². The molecule has 0 spiro atoms. The van der Waals surface area contributed by atoms with E-state index >= 15 is 0 Å². The summed E-state index contributed by atoms with van der Waals surface area (Å²) in [6.45, 7) is -0.905. The highest BCUT2D eigenvalue weighted by Gasteiger charge is 2.40. The second-order valence-corrected chi connectivity index (χ2v) is 7.51. The summed E-state index contributed by atoms with van der Waals surface area (Å²) in [6.07, 6.45) is -1.98. The van der Waals surface area contributed by atoms with Crippen molar-refractivity contribution in [1.29, 1.82) is 0 Å². The van der Waals surface area contributed by atoms with Crippen LogP contribution in [-0.2, 0) is 19.2 Å². The molecule has 0 aromatic carbocycles. The molecular weight excluding hydrogens is 476 g/mol. The number of carbonyl (C=O) groups excluding carboxylic acids is 1. The summed E-state index contributed by atoms with van der Waals surface area (Å²) >= 11 is 0. The average molecular weight is 514 g/mol. The molecular formula is C22H28N6O8. The Bertz CT molecular complexity index is 1490. The number of aromatic nitrogens is 3. The van der Waals surface area contributed by atoms with Gasteiger partial charge in [0, 0.05) is 35.9 Å². The molecule has 14 heteroatoms. The summed E-state index contributed by atoms with van der Waals surface area (Å²) in [4.78, 5) is 57.8. The number of hydrogen-bond donors (Lipinski definition) is 5. The lowest BCUT2D eigenvalue weighted by Crippen LogP contribution is -2.53. The standard InChI is InChI=1S/C16H20N6O.C6H8O7/c1-11-5-7-22(14(23)8-17-2)9-13(11)21(3)16-12-4-6-18-15(12)19-10-20-16;7-3(8)1-6(13,5(11)12)2-4(9)10/h4,6,10-11,13H,5,7-9H2,1,3H3,(H,18,19,20);13H,1-2H2,(H,7,8)(H,9,10)(H,11,12)/t11-,13+;/m1./s1/i1D3,3D3,10D,11D,13D;. The normalized spacial score (nSPS) is 25.9. The van der Waals surface area contributed by atoms with E-state index in [1.165, 1.54) is 12.3 Å². The van der Waals surface area contributed by atoms with E-state index in [0.717, 1.165) is 4.90 Å². The number of piperidine rings is 1. The summed E-state index contributed by atoms with van der Waals surface area (Å²) in [5.74, 6) is -8.78. The molecule has 5 N–H and O–H groups in total. The van der Waals surface area contributed by atoms with Gasteiger partial charge in [0.15, 0.2) is 5.60 Å². The number of nitrogens with one attached hydrogen (secondary N) is 1. The fourth-order valence-electron chi connectivity index (χ4n) is 3.16. The van der Waals surface area contributed by atoms with Crippen molar-refractivity contribution in [2.24, 2.45) is 5.89 Å². The third-order valence-corrected chi connectivity index (χ3v) is 4.94. The van der Waals surface area contributed by atoms with Crippen LogP contribution in [0.3, 0.4) is 0 Å². The van der Waals surface area contributed by atoms with Crippen molar-refractivity contribution in [3.63, 3.8) is 0 Å². The molecule has 1 aliphatic heterocycles. The fourth-order valence-corrected chi connectivity index (χ4v) is 3.16. The van der Waals surface area contributed by atoms with E-state index in [1.807, 2.05) is 0 Å². The number of hydrogen-bond acceptors (Lipinski definition) is 8. The summed E-state index contributed by atoms with van der Waals surface area (Å²) < 4.78 is 74.0. The molecule has 2 atom stereocenters. The van der Waals surface area contributed by atoms with E-state index in [9.17, 15) is 19.2 Å². The number of anilines is 1. The van der Waals surface area contributed by atoms with Gasteiger partial charge in [0.25, 0.3) is 6.54 Å². The molecule has 1 saturated heterocycles. The van der Waals surface area contributed by atoms with Gasteiger partial charge in [0.2, 0.25) is 0 Å². The first-order chi connectivity index (χ1) is 20.4. The van der Waals surface area contributed by atoms with Crippen LogP contribution in [0.15, 0.2) is 18.6 Å². The Morgan fingerprint density at radius 1 is 1.33 bits per heavy atom. The zero-order chi connectivity index (χ0) is 34.8. The Balaban J connectivity index is 0.000000459. The number of amides is 1. The number of aliphatic carboxylic acids is 3. The van der Waals surface area contributed by atoms with Gasteiger partial charge in [-0.05, 0) is 18.4 Å². The van der Waals surface area contributed by atoms with Crippen molar-refractivity contribution in [1.82, 2.24) is 19.9 Å². The minimum absolute atomic E-state index is 0.0964. The number of nitrogens with zero attached hydrogens (tertiary/aromatic N) is 5. The Morgan fingerprint density at radius 2 is 2.03 bits per heavy atom. The van der Waals surface area contributed by atoms with Gasteiger partial charge in [0.1, 0.15) is 19.1 Å². The summed E-state index contributed by atoms with van der Waals surface area (Å²) in [6, 6.07) is -1.32. The molecule has 194 valence electrons. The number of fused-ring (bicyclic) bond motifs is 1. The lowest BCUT2D eigenvalue weighted by molar-refractivity contribution is -0.170. The summed E-state index contributed by atoms with van der Waals surface area (Å²) in [5, 5.41) is 33.9. The molecule has 1 fully saturated rings. The highest BCUT2D eigenvalue weighted by molar-refractivity contribution is 5.88. The Kier molecular flexibility index (Phi) is 5.71. The first-order valence-corrected chi connectivity index (χ1v) is 10.1. The van der Waals surface area contributed by atoms with Gasteiger partial charge in [-0.1, -0.05) is 6.85 Å². The van der Waals surface area contributed by atoms with Crippen LogP contribution in [0.1, 0.15) is 38.5 Å². The van der Waals surface area contributed by atoms with E-state index in [1.54, 1.807) is 0 Å².